The highest BCUT2D eigenvalue weighted by molar-refractivity contribution is 5.96. The minimum absolute atomic E-state index is 0.183. The molecule has 1 heterocycles. The highest BCUT2D eigenvalue weighted by atomic mass is 16.5. The van der Waals surface area contributed by atoms with Crippen LogP contribution in [0.5, 0.6) is 17.2 Å². The van der Waals surface area contributed by atoms with Gasteiger partial charge in [-0.1, -0.05) is 0 Å². The molecule has 1 N–H and O–H groups in total. The Labute approximate surface area is 160 Å². The molecule has 1 unspecified atom stereocenters. The zero-order chi connectivity index (χ0) is 20.0. The number of carbonyl (C=O) groups is 2. The largest absolute Gasteiger partial charge is 0.490 e. The fourth-order valence-electron chi connectivity index (χ4n) is 3.28. The van der Waals surface area contributed by atoms with E-state index in [4.69, 9.17) is 14.2 Å². The number of carboxylic acids is 1. The van der Waals surface area contributed by atoms with Crippen LogP contribution < -0.4 is 14.2 Å². The number of carbonyl (C=O) groups excluding carboxylic acids is 1. The maximum Gasteiger partial charge on any atom is 0.311 e. The molecule has 7 heteroatoms. The molecule has 7 nitrogen and oxygen atoms in total. The third kappa shape index (κ3) is 4.64. The summed E-state index contributed by atoms with van der Waals surface area (Å²) in [6.45, 7) is 9.26. The van der Waals surface area contributed by atoms with Crippen molar-refractivity contribution in [1.29, 1.82) is 0 Å². The van der Waals surface area contributed by atoms with E-state index in [-0.39, 0.29) is 12.5 Å². The van der Waals surface area contributed by atoms with E-state index in [2.05, 4.69) is 0 Å². The molecule has 1 aliphatic rings. The molecule has 150 valence electrons. The van der Waals surface area contributed by atoms with Gasteiger partial charge >= 0.3 is 5.97 Å². The van der Waals surface area contributed by atoms with Crippen molar-refractivity contribution in [2.45, 2.75) is 40.5 Å². The van der Waals surface area contributed by atoms with E-state index in [1.165, 1.54) is 0 Å². The highest BCUT2D eigenvalue weighted by Crippen LogP contribution is 2.40. The molecule has 1 atom stereocenters. The summed E-state index contributed by atoms with van der Waals surface area (Å²) in [6, 6.07) is 3.29. The third-order valence-electron chi connectivity index (χ3n) is 4.66. The van der Waals surface area contributed by atoms with Gasteiger partial charge in [-0.15, -0.1) is 0 Å². The number of benzene rings is 1. The summed E-state index contributed by atoms with van der Waals surface area (Å²) in [5.74, 6) is 0.272. The summed E-state index contributed by atoms with van der Waals surface area (Å²) >= 11 is 0. The Hall–Kier alpha value is -2.44. The lowest BCUT2D eigenvalue weighted by molar-refractivity contribution is -0.150. The molecular formula is C20H29NO6. The summed E-state index contributed by atoms with van der Waals surface area (Å²) in [7, 11) is 0. The predicted molar refractivity (Wildman–Crippen MR) is 101 cm³/mol. The van der Waals surface area contributed by atoms with Crippen molar-refractivity contribution in [3.63, 3.8) is 0 Å². The molecule has 0 saturated carbocycles. The smallest absolute Gasteiger partial charge is 0.311 e. The second kappa shape index (κ2) is 8.97. The Bertz CT molecular complexity index is 662. The number of hydrogen-bond donors (Lipinski definition) is 1. The standard InChI is InChI=1S/C20H29NO6/c1-5-25-15-11-14(12-16(26-6-2)17(15)27-7-3)18(22)21-10-8-9-20(4,13-21)19(23)24/h11-12H,5-10,13H2,1-4H3,(H,23,24). The molecule has 0 aliphatic carbocycles. The maximum absolute atomic E-state index is 13.1. The zero-order valence-corrected chi connectivity index (χ0v) is 16.5. The number of likely N-dealkylation sites (tertiary alicyclic amines) is 1. The van der Waals surface area contributed by atoms with Gasteiger partial charge in [-0.05, 0) is 52.7 Å². The first-order valence-electron chi connectivity index (χ1n) is 9.45. The first kappa shape index (κ1) is 20.9. The van der Waals surface area contributed by atoms with Gasteiger partial charge in [0.05, 0.1) is 25.2 Å². The van der Waals surface area contributed by atoms with Gasteiger partial charge in [-0.25, -0.2) is 0 Å². The van der Waals surface area contributed by atoms with E-state index in [1.807, 2.05) is 20.8 Å². The lowest BCUT2D eigenvalue weighted by atomic mass is 9.82. The number of aliphatic carboxylic acids is 1. The lowest BCUT2D eigenvalue weighted by Gasteiger charge is -2.37. The summed E-state index contributed by atoms with van der Waals surface area (Å²) < 4.78 is 17.0. The molecule has 1 aliphatic heterocycles. The normalized spacial score (nSPS) is 19.5. The molecule has 1 amide bonds. The number of piperidine rings is 1. The molecule has 0 spiro atoms. The fourth-order valence-corrected chi connectivity index (χ4v) is 3.28. The van der Waals surface area contributed by atoms with Gasteiger partial charge in [0.2, 0.25) is 5.75 Å². The Balaban J connectivity index is 2.38. The summed E-state index contributed by atoms with van der Waals surface area (Å²) in [6.07, 6.45) is 1.21. The predicted octanol–water partition coefficient (Wildman–Crippen LogP) is 3.21. The van der Waals surface area contributed by atoms with Gasteiger partial charge in [0.15, 0.2) is 11.5 Å². The van der Waals surface area contributed by atoms with Crippen LogP contribution in [0.3, 0.4) is 0 Å². The Morgan fingerprint density at radius 2 is 1.63 bits per heavy atom. The van der Waals surface area contributed by atoms with E-state index in [0.29, 0.717) is 62.0 Å². The van der Waals surface area contributed by atoms with Crippen LogP contribution in [-0.2, 0) is 4.79 Å². The Morgan fingerprint density at radius 1 is 1.07 bits per heavy atom. The zero-order valence-electron chi connectivity index (χ0n) is 16.5. The summed E-state index contributed by atoms with van der Waals surface area (Å²) in [5.41, 5.74) is -0.523. The van der Waals surface area contributed by atoms with E-state index in [1.54, 1.807) is 24.0 Å². The van der Waals surface area contributed by atoms with Crippen LogP contribution in [0, 0.1) is 5.41 Å². The summed E-state index contributed by atoms with van der Waals surface area (Å²) in [4.78, 5) is 26.3. The topological polar surface area (TPSA) is 85.3 Å². The Kier molecular flexibility index (Phi) is 6.93. The molecule has 0 bridgehead atoms. The molecule has 0 aromatic heterocycles. The molecule has 1 fully saturated rings. The number of carboxylic acid groups (broad SMARTS) is 1. The van der Waals surface area contributed by atoms with Gasteiger partial charge in [-0.3, -0.25) is 9.59 Å². The van der Waals surface area contributed by atoms with Crippen molar-refractivity contribution >= 4 is 11.9 Å². The van der Waals surface area contributed by atoms with Crippen LogP contribution >= 0.6 is 0 Å². The van der Waals surface area contributed by atoms with Crippen molar-refractivity contribution in [2.75, 3.05) is 32.9 Å². The van der Waals surface area contributed by atoms with E-state index >= 15 is 0 Å². The van der Waals surface area contributed by atoms with Crippen LogP contribution in [0.25, 0.3) is 0 Å². The number of amides is 1. The van der Waals surface area contributed by atoms with E-state index < -0.39 is 11.4 Å². The first-order valence-corrected chi connectivity index (χ1v) is 9.45. The van der Waals surface area contributed by atoms with E-state index in [0.717, 1.165) is 0 Å². The molecule has 0 radical (unpaired) electrons. The second-order valence-corrected chi connectivity index (χ2v) is 6.80. The fraction of sp³-hybridized carbons (Fsp3) is 0.600. The minimum atomic E-state index is -0.926. The van der Waals surface area contributed by atoms with Crippen LogP contribution in [0.15, 0.2) is 12.1 Å². The minimum Gasteiger partial charge on any atom is -0.490 e. The molecule has 2 rings (SSSR count). The van der Waals surface area contributed by atoms with Crippen LogP contribution in [0.4, 0.5) is 0 Å². The molecule has 1 saturated heterocycles. The van der Waals surface area contributed by atoms with E-state index in [9.17, 15) is 14.7 Å². The van der Waals surface area contributed by atoms with Gasteiger partial charge in [-0.2, -0.15) is 0 Å². The SMILES string of the molecule is CCOc1cc(C(=O)N2CCCC(C)(C(=O)O)C2)cc(OCC)c1OCC. The number of rotatable bonds is 8. The second-order valence-electron chi connectivity index (χ2n) is 6.80. The number of nitrogens with zero attached hydrogens (tertiary/aromatic N) is 1. The van der Waals surface area contributed by atoms with Crippen molar-refractivity contribution in [2.24, 2.45) is 5.41 Å². The quantitative estimate of drug-likeness (QED) is 0.746. The average molecular weight is 379 g/mol. The van der Waals surface area contributed by atoms with Gasteiger partial charge in [0.1, 0.15) is 0 Å². The molecule has 27 heavy (non-hydrogen) atoms. The lowest BCUT2D eigenvalue weighted by Crippen LogP contribution is -2.48. The van der Waals surface area contributed by atoms with Crippen molar-refractivity contribution in [3.8, 4) is 17.2 Å². The van der Waals surface area contributed by atoms with Crippen LogP contribution in [-0.4, -0.2) is 54.8 Å². The van der Waals surface area contributed by atoms with Crippen molar-refractivity contribution in [1.82, 2.24) is 4.90 Å². The van der Waals surface area contributed by atoms with Crippen molar-refractivity contribution < 1.29 is 28.9 Å². The summed E-state index contributed by atoms with van der Waals surface area (Å²) in [5, 5.41) is 9.50. The maximum atomic E-state index is 13.1. The van der Waals surface area contributed by atoms with Gasteiger partial charge in [0.25, 0.3) is 5.91 Å². The first-order chi connectivity index (χ1) is 12.9. The highest BCUT2D eigenvalue weighted by Gasteiger charge is 2.39. The number of ether oxygens (including phenoxy) is 3. The average Bonchev–Trinajstić information content (AvgIpc) is 2.64. The number of hydrogen-bond acceptors (Lipinski definition) is 5. The third-order valence-corrected chi connectivity index (χ3v) is 4.66. The van der Waals surface area contributed by atoms with Crippen LogP contribution in [0.1, 0.15) is 50.9 Å². The monoisotopic (exact) mass is 379 g/mol. The molecular weight excluding hydrogens is 350 g/mol. The molecule has 1 aromatic carbocycles. The van der Waals surface area contributed by atoms with Crippen molar-refractivity contribution in [3.05, 3.63) is 17.7 Å². The van der Waals surface area contributed by atoms with Crippen LogP contribution in [0.2, 0.25) is 0 Å². The van der Waals surface area contributed by atoms with Gasteiger partial charge in [0, 0.05) is 18.7 Å². The van der Waals surface area contributed by atoms with Gasteiger partial charge < -0.3 is 24.2 Å². The Morgan fingerprint density at radius 3 is 2.11 bits per heavy atom. The molecule has 1 aromatic rings.